The molecule has 3 aromatic rings. The van der Waals surface area contributed by atoms with E-state index in [1.165, 1.54) is 55.4 Å². The third kappa shape index (κ3) is 28.2. The maximum absolute atomic E-state index is 14.7. The van der Waals surface area contributed by atoms with Crippen LogP contribution in [0.1, 0.15) is 96.3 Å². The minimum atomic E-state index is -1.78. The molecule has 4 rings (SSSR count). The smallest absolute Gasteiger partial charge is 0.312 e. The number of phenols is 1. The van der Waals surface area contributed by atoms with Crippen molar-refractivity contribution in [2.75, 3.05) is 26.2 Å². The highest BCUT2D eigenvalue weighted by atomic mass is 35.5. The molecule has 1 aliphatic rings. The van der Waals surface area contributed by atoms with E-state index in [0.717, 1.165) is 6.92 Å². The van der Waals surface area contributed by atoms with Crippen molar-refractivity contribution in [3.63, 3.8) is 0 Å². The number of nitrogens with two attached hydrogens (primary N) is 4. The number of hydrogen-bond acceptors (Lipinski definition) is 16. The van der Waals surface area contributed by atoms with E-state index in [4.69, 9.17) is 44.4 Å². The fourth-order valence-corrected chi connectivity index (χ4v) is 9.44. The zero-order chi connectivity index (χ0) is 67.9. The van der Waals surface area contributed by atoms with Crippen molar-refractivity contribution in [3.8, 4) is 5.75 Å². The Bertz CT molecular complexity index is 2990. The van der Waals surface area contributed by atoms with Gasteiger partial charge in [0.25, 0.3) is 5.97 Å². The molecule has 31 nitrogen and oxygen atoms in total. The number of halogens is 1. The number of guanidine groups is 1. The van der Waals surface area contributed by atoms with Gasteiger partial charge in [0.2, 0.25) is 59.1 Å². The first-order valence-corrected chi connectivity index (χ1v) is 29.7. The van der Waals surface area contributed by atoms with E-state index >= 15 is 0 Å². The van der Waals surface area contributed by atoms with Crippen molar-refractivity contribution >= 4 is 88.6 Å². The molecule has 2 aromatic carbocycles. The third-order valence-electron chi connectivity index (χ3n) is 13.8. The van der Waals surface area contributed by atoms with Gasteiger partial charge < -0.3 is 91.0 Å². The molecule has 0 spiro atoms. The van der Waals surface area contributed by atoms with Gasteiger partial charge in [-0.05, 0) is 105 Å². The monoisotopic (exact) mass is 1290 g/mol. The summed E-state index contributed by atoms with van der Waals surface area (Å²) < 4.78 is 0. The predicted octanol–water partition coefficient (Wildman–Crippen LogP) is -2.51. The molecule has 0 unspecified atom stereocenters. The van der Waals surface area contributed by atoms with Gasteiger partial charge in [-0.15, -0.1) is 0 Å². The number of pyridine rings is 1. The summed E-state index contributed by atoms with van der Waals surface area (Å²) >= 11 is 6.06. The number of aliphatic hydroxyl groups excluding tert-OH is 1. The van der Waals surface area contributed by atoms with Gasteiger partial charge in [-0.25, -0.2) is 4.79 Å². The number of nitrogens with one attached hydrogen (secondary N) is 9. The fraction of sp³-hybridized carbons (Fsp3) is 0.492. The van der Waals surface area contributed by atoms with Crippen LogP contribution in [0, 0.1) is 5.92 Å². The standard InChI is InChI=1S/C57H81ClN16O13.C2H4O2/c1-31(2)25-41(49(80)69-40(11-7-22-64-56(60)61)55(86)74-24-8-12-46(74)54(85)66-32(3)47(59)78)70-48(79)39(10-6-23-65-57(62)87)68-51(82)43(27-35-15-19-38(77)20-16-35)72-53(84)45(30-75)73-52(83)44(28-36-9-5-21-63-29-36)71-50(81)42(67-33(4)76)26-34-13-17-37(58)18-14-34;1-2(3)4/h5,9,13-21,29,31-32,39-46,75,77H,6-8,10-12,22-28,30H2,1-4H3,(H2,59,78)(H,66,85)(H,67,76)(H,68,82)(H,69,80)(H,70,79)(H,71,81)(H,72,84)(H,73,83)(H4,60,61,64)(H3,62,65,87);1H3,(H,3,4)/t32-,39-,40+,41+,42-,43+,44-,45+,46+;/m1./s1. The number of aliphatic carboxylic acids is 1. The molecular weight excluding hydrogens is 1210 g/mol. The van der Waals surface area contributed by atoms with Crippen LogP contribution in [-0.2, 0) is 72.0 Å². The molecular formula is C59H85ClN16O15. The van der Waals surface area contributed by atoms with Crippen LogP contribution in [0.25, 0.3) is 0 Å². The zero-order valence-electron chi connectivity index (χ0n) is 51.4. The largest absolute Gasteiger partial charge is 0.508 e. The lowest BCUT2D eigenvalue weighted by Crippen LogP contribution is -2.61. The Labute approximate surface area is 531 Å². The van der Waals surface area contributed by atoms with E-state index in [2.05, 4.69) is 57.8 Å². The molecule has 0 bridgehead atoms. The maximum atomic E-state index is 14.7. The molecule has 498 valence electrons. The Hall–Kier alpha value is -9.65. The summed E-state index contributed by atoms with van der Waals surface area (Å²) in [5, 5.41) is 51.8. The quantitative estimate of drug-likeness (QED) is 0.0167. The topological polar surface area (TPSA) is 506 Å². The summed E-state index contributed by atoms with van der Waals surface area (Å²) in [5.41, 5.74) is 23.2. The fourth-order valence-electron chi connectivity index (χ4n) is 9.31. The number of carbonyl (C=O) groups is 12. The molecule has 12 amide bonds. The van der Waals surface area contributed by atoms with E-state index in [1.54, 1.807) is 50.2 Å². The number of benzene rings is 2. The summed E-state index contributed by atoms with van der Waals surface area (Å²) in [6.45, 7) is 6.31. The SMILES string of the molecule is CC(=O)N[C@H](Cc1ccc(Cl)cc1)C(=O)N[C@H](Cc1cccnc1)C(=O)N[C@@H](CO)C(=O)N[C@@H](Cc1ccc(O)cc1)C(=O)N[C@H](CCCNC(N)=O)C(=O)N[C@@H](CC(C)C)C(=O)N[C@@H](CCCN=C(N)N)C(=O)N1CCC[C@H]1C(=O)N[C@H](C)C(N)=O.CC(=O)O. The number of phenolic OH excluding ortho intramolecular Hbond substituents is 1. The molecule has 1 saturated heterocycles. The highest BCUT2D eigenvalue weighted by molar-refractivity contribution is 6.30. The summed E-state index contributed by atoms with van der Waals surface area (Å²) in [4.78, 5) is 168. The summed E-state index contributed by atoms with van der Waals surface area (Å²) in [5.74, 6) is -9.60. The molecule has 0 radical (unpaired) electrons. The second kappa shape index (κ2) is 38.7. The maximum Gasteiger partial charge on any atom is 0.312 e. The lowest BCUT2D eigenvalue weighted by molar-refractivity contribution is -0.142. The summed E-state index contributed by atoms with van der Waals surface area (Å²) in [6, 6.07) is 2.21. The van der Waals surface area contributed by atoms with Crippen LogP contribution in [0.15, 0.2) is 78.0 Å². The average molecular weight is 1290 g/mol. The van der Waals surface area contributed by atoms with Crippen molar-refractivity contribution in [2.24, 2.45) is 33.8 Å². The Kier molecular flexibility index (Phi) is 32.1. The van der Waals surface area contributed by atoms with Gasteiger partial charge in [0, 0.05) is 70.2 Å². The van der Waals surface area contributed by atoms with E-state index < -0.39 is 132 Å². The van der Waals surface area contributed by atoms with E-state index in [-0.39, 0.29) is 95.0 Å². The third-order valence-corrected chi connectivity index (χ3v) is 14.0. The van der Waals surface area contributed by atoms with Gasteiger partial charge in [0.05, 0.1) is 6.61 Å². The van der Waals surface area contributed by atoms with Gasteiger partial charge in [0.15, 0.2) is 5.96 Å². The van der Waals surface area contributed by atoms with E-state index in [0.29, 0.717) is 28.1 Å². The van der Waals surface area contributed by atoms with E-state index in [1.807, 2.05) is 0 Å². The molecule has 9 atom stereocenters. The number of amides is 12. The normalized spacial score (nSPS) is 15.1. The number of urea groups is 1. The molecule has 20 N–H and O–H groups in total. The Balaban J connectivity index is 0.00000524. The molecule has 2 heterocycles. The van der Waals surface area contributed by atoms with Crippen molar-refractivity contribution in [3.05, 3.63) is 94.8 Å². The molecule has 1 aromatic heterocycles. The second-order valence-corrected chi connectivity index (χ2v) is 22.4. The lowest BCUT2D eigenvalue weighted by Gasteiger charge is -2.31. The number of carbonyl (C=O) groups excluding carboxylic acids is 11. The number of aliphatic imine (C=N–C) groups is 1. The van der Waals surface area contributed by atoms with Crippen LogP contribution >= 0.6 is 11.6 Å². The first-order valence-electron chi connectivity index (χ1n) is 29.3. The lowest BCUT2D eigenvalue weighted by atomic mass is 10.00. The number of primary amides is 2. The highest BCUT2D eigenvalue weighted by Gasteiger charge is 2.40. The Morgan fingerprint density at radius 2 is 1.12 bits per heavy atom. The van der Waals surface area contributed by atoms with Gasteiger partial charge in [-0.3, -0.25) is 62.7 Å². The highest BCUT2D eigenvalue weighted by Crippen LogP contribution is 2.21. The van der Waals surface area contributed by atoms with E-state index in [9.17, 15) is 63.0 Å². The van der Waals surface area contributed by atoms with Crippen LogP contribution in [0.4, 0.5) is 4.79 Å². The van der Waals surface area contributed by atoms with Gasteiger partial charge in [0.1, 0.15) is 60.1 Å². The molecule has 0 saturated carbocycles. The molecule has 32 heteroatoms. The Morgan fingerprint density at radius 3 is 1.64 bits per heavy atom. The zero-order valence-corrected chi connectivity index (χ0v) is 52.1. The minimum absolute atomic E-state index is 0.00397. The van der Waals surface area contributed by atoms with Crippen molar-refractivity contribution < 1.29 is 72.9 Å². The first kappa shape index (κ1) is 75.6. The van der Waals surface area contributed by atoms with Gasteiger partial charge in [-0.2, -0.15) is 0 Å². The number of aliphatic hydroxyl groups is 1. The van der Waals surface area contributed by atoms with Crippen LogP contribution in [-0.4, -0.2) is 183 Å². The Morgan fingerprint density at radius 1 is 0.637 bits per heavy atom. The molecule has 91 heavy (non-hydrogen) atoms. The van der Waals surface area contributed by atoms with Crippen molar-refractivity contribution in [1.82, 2.24) is 57.7 Å². The van der Waals surface area contributed by atoms with Gasteiger partial charge in [-0.1, -0.05) is 55.8 Å². The van der Waals surface area contributed by atoms with Crippen molar-refractivity contribution in [2.45, 2.75) is 153 Å². The minimum Gasteiger partial charge on any atom is -0.508 e. The molecule has 1 aliphatic heterocycles. The van der Waals surface area contributed by atoms with Crippen LogP contribution in [0.2, 0.25) is 5.02 Å². The van der Waals surface area contributed by atoms with Crippen LogP contribution < -0.4 is 70.8 Å². The first-order chi connectivity index (χ1) is 43.0. The summed E-state index contributed by atoms with van der Waals surface area (Å²) in [7, 11) is 0. The number of likely N-dealkylation sites (tertiary alicyclic amines) is 1. The molecule has 0 aliphatic carbocycles. The molecule has 1 fully saturated rings. The number of hydrogen-bond donors (Lipinski definition) is 16. The second-order valence-electron chi connectivity index (χ2n) is 21.9. The van der Waals surface area contributed by atoms with Crippen LogP contribution in [0.5, 0.6) is 5.75 Å². The average Bonchev–Trinajstić information content (AvgIpc) is 3.87. The number of aromatic hydroxyl groups is 1. The number of aromatic nitrogens is 1. The number of nitrogens with zero attached hydrogens (tertiary/aromatic N) is 3. The van der Waals surface area contributed by atoms with Crippen LogP contribution in [0.3, 0.4) is 0 Å². The van der Waals surface area contributed by atoms with Crippen molar-refractivity contribution in [1.29, 1.82) is 0 Å². The number of carboxylic acids is 1. The predicted molar refractivity (Wildman–Crippen MR) is 332 cm³/mol. The van der Waals surface area contributed by atoms with Gasteiger partial charge >= 0.3 is 6.03 Å². The number of rotatable bonds is 34. The number of carboxylic acid groups (broad SMARTS) is 1. The summed E-state index contributed by atoms with van der Waals surface area (Å²) in [6.07, 6.45) is 3.08.